The van der Waals surface area contributed by atoms with Gasteiger partial charge in [-0.1, -0.05) is 157 Å². The summed E-state index contributed by atoms with van der Waals surface area (Å²) in [5.74, 6) is 2.57. The van der Waals surface area contributed by atoms with Crippen LogP contribution in [0.2, 0.25) is 0 Å². The van der Waals surface area contributed by atoms with Crippen molar-refractivity contribution in [2.45, 2.75) is 97.8 Å². The Bertz CT molecular complexity index is 1420. The lowest BCUT2D eigenvalue weighted by molar-refractivity contribution is 0.524. The minimum Gasteiger partial charge on any atom is -0.381 e. The van der Waals surface area contributed by atoms with Crippen molar-refractivity contribution in [2.24, 2.45) is 0 Å². The summed E-state index contributed by atoms with van der Waals surface area (Å²) < 4.78 is 0. The van der Waals surface area contributed by atoms with E-state index in [0.29, 0.717) is 17.8 Å². The van der Waals surface area contributed by atoms with Crippen LogP contribution >= 0.6 is 0 Å². The third-order valence-corrected chi connectivity index (χ3v) is 8.55. The Morgan fingerprint density at radius 3 is 1.60 bits per heavy atom. The maximum Gasteiger partial charge on any atom is 0.0354 e. The van der Waals surface area contributed by atoms with Gasteiger partial charge in [0.05, 0.1) is 0 Å². The largest absolute Gasteiger partial charge is 0.381 e. The van der Waals surface area contributed by atoms with E-state index in [1.165, 1.54) is 64.6 Å². The first-order valence-electron chi connectivity index (χ1n) is 16.9. The van der Waals surface area contributed by atoms with E-state index < -0.39 is 0 Å². The molecule has 45 heavy (non-hydrogen) atoms. The van der Waals surface area contributed by atoms with E-state index in [9.17, 15) is 0 Å². The monoisotopic (exact) mass is 599 g/mol. The van der Waals surface area contributed by atoms with Gasteiger partial charge in [0.2, 0.25) is 0 Å². The summed E-state index contributed by atoms with van der Waals surface area (Å²) >= 11 is 0. The molecule has 5 rings (SSSR count). The molecule has 0 saturated heterocycles. The topological polar surface area (TPSA) is 12.0 Å². The molecule has 1 fully saturated rings. The molecule has 0 aromatic heterocycles. The van der Waals surface area contributed by atoms with Crippen LogP contribution in [0.4, 0.5) is 5.69 Å². The third kappa shape index (κ3) is 12.2. The Labute approximate surface area is 275 Å². The summed E-state index contributed by atoms with van der Waals surface area (Å²) in [6, 6.07) is 37.1. The first kappa shape index (κ1) is 35.6. The van der Waals surface area contributed by atoms with E-state index in [-0.39, 0.29) is 0 Å². The number of allylic oxidation sites excluding steroid dienone is 1. The number of benzene rings is 4. The molecular formula is C44H57N. The molecule has 0 amide bonds. The highest BCUT2D eigenvalue weighted by Gasteiger charge is 2.17. The molecule has 1 aliphatic carbocycles. The zero-order valence-corrected chi connectivity index (χ0v) is 29.1. The van der Waals surface area contributed by atoms with Gasteiger partial charge in [-0.3, -0.25) is 0 Å². The summed E-state index contributed by atoms with van der Waals surface area (Å²) in [4.78, 5) is 0. The van der Waals surface area contributed by atoms with Crippen molar-refractivity contribution in [2.75, 3.05) is 11.9 Å². The molecule has 0 heterocycles. The van der Waals surface area contributed by atoms with Gasteiger partial charge in [0, 0.05) is 12.2 Å². The average Bonchev–Trinajstić information content (AvgIpc) is 3.05. The van der Waals surface area contributed by atoms with E-state index in [0.717, 1.165) is 23.7 Å². The van der Waals surface area contributed by atoms with Crippen LogP contribution in [-0.2, 0) is 0 Å². The third-order valence-electron chi connectivity index (χ3n) is 8.55. The number of hydrogen-bond donors (Lipinski definition) is 1. The molecule has 0 aliphatic heterocycles. The molecule has 1 N–H and O–H groups in total. The van der Waals surface area contributed by atoms with E-state index >= 15 is 0 Å². The summed E-state index contributed by atoms with van der Waals surface area (Å²) in [5, 5.41) is 3.31. The lowest BCUT2D eigenvalue weighted by atomic mass is 9.81. The standard InChI is InChI=1S/C16H22.C15H16.C13H19N/c1-12(2)14-7-9-15(10-8-14)16-6-4-5-13(3)11-16;1-12(2)13-8-10-15(11-9-13)14-6-4-3-5-7-14;1-10(2)9-14-13-7-5-12(6-8-13)11(3)4/h7-10,12,16H,3-6,11H2,1-2H3;3-12H,1-2H3;5-8,11,14H,1,9H2,2-4H3. The Balaban J connectivity index is 0.000000185. The second-order valence-electron chi connectivity index (χ2n) is 13.6. The molecule has 1 unspecified atom stereocenters. The van der Waals surface area contributed by atoms with E-state index in [4.69, 9.17) is 0 Å². The smallest absolute Gasteiger partial charge is 0.0354 e. The highest BCUT2D eigenvalue weighted by atomic mass is 14.9. The van der Waals surface area contributed by atoms with Crippen LogP contribution in [0.1, 0.15) is 120 Å². The fraction of sp³-hybridized carbons (Fsp3) is 0.364. The van der Waals surface area contributed by atoms with Gasteiger partial charge < -0.3 is 5.32 Å². The average molecular weight is 600 g/mol. The van der Waals surface area contributed by atoms with E-state index in [1.807, 2.05) is 13.0 Å². The highest BCUT2D eigenvalue weighted by Crippen LogP contribution is 2.35. The second kappa shape index (κ2) is 18.2. The molecule has 1 atom stereocenters. The summed E-state index contributed by atoms with van der Waals surface area (Å²) in [6.07, 6.45) is 5.08. The van der Waals surface area contributed by atoms with Crippen molar-refractivity contribution in [1.82, 2.24) is 0 Å². The van der Waals surface area contributed by atoms with E-state index in [1.54, 1.807) is 0 Å². The molecule has 238 valence electrons. The van der Waals surface area contributed by atoms with Crippen molar-refractivity contribution in [3.63, 3.8) is 0 Å². The van der Waals surface area contributed by atoms with Gasteiger partial charge in [0.25, 0.3) is 0 Å². The van der Waals surface area contributed by atoms with Crippen molar-refractivity contribution in [3.8, 4) is 11.1 Å². The molecule has 0 bridgehead atoms. The Morgan fingerprint density at radius 1 is 0.667 bits per heavy atom. The minimum atomic E-state index is 0.602. The highest BCUT2D eigenvalue weighted by molar-refractivity contribution is 5.63. The number of nitrogens with one attached hydrogen (secondary N) is 1. The maximum absolute atomic E-state index is 4.14. The lowest BCUT2D eigenvalue weighted by Gasteiger charge is -2.24. The zero-order valence-electron chi connectivity index (χ0n) is 29.1. The van der Waals surface area contributed by atoms with Crippen LogP contribution in [0.15, 0.2) is 127 Å². The predicted molar refractivity (Wildman–Crippen MR) is 201 cm³/mol. The molecule has 0 spiro atoms. The normalized spacial score (nSPS) is 14.4. The molecule has 1 saturated carbocycles. The SMILES string of the molecule is C=C(C)CNc1ccc(C(C)C)cc1.C=C1CCCC(c2ccc(C(C)C)cc2)C1.CC(C)c1ccc(-c2ccccc2)cc1. The Morgan fingerprint density at radius 2 is 1.13 bits per heavy atom. The van der Waals surface area contributed by atoms with Gasteiger partial charge in [-0.15, -0.1) is 0 Å². The first-order chi connectivity index (χ1) is 21.5. The summed E-state index contributed by atoms with van der Waals surface area (Å²) in [5.41, 5.74) is 12.1. The van der Waals surface area contributed by atoms with Gasteiger partial charge in [-0.2, -0.15) is 0 Å². The van der Waals surface area contributed by atoms with Crippen molar-refractivity contribution < 1.29 is 0 Å². The molecule has 1 aliphatic rings. The number of hydrogen-bond acceptors (Lipinski definition) is 1. The molecule has 1 heteroatoms. The summed E-state index contributed by atoms with van der Waals surface area (Å²) in [7, 11) is 0. The minimum absolute atomic E-state index is 0.602. The van der Waals surface area contributed by atoms with E-state index in [2.05, 4.69) is 157 Å². The van der Waals surface area contributed by atoms with Crippen LogP contribution in [0.5, 0.6) is 0 Å². The Kier molecular flexibility index (Phi) is 14.4. The maximum atomic E-state index is 4.14. The second-order valence-corrected chi connectivity index (χ2v) is 13.6. The fourth-order valence-corrected chi connectivity index (χ4v) is 5.52. The molecule has 1 nitrogen and oxygen atoms in total. The van der Waals surface area contributed by atoms with Crippen LogP contribution in [0.25, 0.3) is 11.1 Å². The Hall–Kier alpha value is -3.84. The quantitative estimate of drug-likeness (QED) is 0.199. The molecule has 4 aromatic rings. The zero-order chi connectivity index (χ0) is 32.8. The van der Waals surface area contributed by atoms with Gasteiger partial charge in [-0.25, -0.2) is 0 Å². The lowest BCUT2D eigenvalue weighted by Crippen LogP contribution is -2.06. The van der Waals surface area contributed by atoms with Crippen molar-refractivity contribution in [1.29, 1.82) is 0 Å². The van der Waals surface area contributed by atoms with Crippen LogP contribution in [-0.4, -0.2) is 6.54 Å². The molecule has 4 aromatic carbocycles. The fourth-order valence-electron chi connectivity index (χ4n) is 5.52. The van der Waals surface area contributed by atoms with Crippen molar-refractivity contribution in [3.05, 3.63) is 150 Å². The van der Waals surface area contributed by atoms with Crippen LogP contribution < -0.4 is 5.32 Å². The molecule has 0 radical (unpaired) electrons. The van der Waals surface area contributed by atoms with Crippen LogP contribution in [0, 0.1) is 0 Å². The van der Waals surface area contributed by atoms with Gasteiger partial charge >= 0.3 is 0 Å². The van der Waals surface area contributed by atoms with Gasteiger partial charge in [-0.05, 0) is 102 Å². The number of rotatable bonds is 8. The van der Waals surface area contributed by atoms with Crippen molar-refractivity contribution >= 4 is 5.69 Å². The van der Waals surface area contributed by atoms with Gasteiger partial charge in [0.1, 0.15) is 0 Å². The number of anilines is 1. The predicted octanol–water partition coefficient (Wildman–Crippen LogP) is 13.3. The summed E-state index contributed by atoms with van der Waals surface area (Å²) in [6.45, 7) is 24.2. The first-order valence-corrected chi connectivity index (χ1v) is 16.9. The van der Waals surface area contributed by atoms with Crippen LogP contribution in [0.3, 0.4) is 0 Å². The van der Waals surface area contributed by atoms with Gasteiger partial charge in [0.15, 0.2) is 0 Å². The molecular weight excluding hydrogens is 542 g/mol.